The Morgan fingerprint density at radius 3 is 2.63 bits per heavy atom. The summed E-state index contributed by atoms with van der Waals surface area (Å²) < 4.78 is 5.73. The molecule has 18 heteroatoms. The molecule has 7 N–H and O–H groups in total. The van der Waals surface area contributed by atoms with Gasteiger partial charge in [0.25, 0.3) is 11.8 Å². The highest BCUT2D eigenvalue weighted by Gasteiger charge is 2.55. The number of amides is 2. The van der Waals surface area contributed by atoms with Gasteiger partial charge in [0.2, 0.25) is 17.6 Å². The molecule has 2 aliphatic rings. The molecule has 41 heavy (non-hydrogen) atoms. The number of rotatable bonds is 13. The summed E-state index contributed by atoms with van der Waals surface area (Å²) in [5, 5.41) is 30.8. The maximum absolute atomic E-state index is 13.1. The number of nitrogens with two attached hydrogens (primary N) is 1. The second-order valence-electron chi connectivity index (χ2n) is 8.89. The Hall–Kier alpha value is -4.29. The minimum atomic E-state index is -1.38. The monoisotopic (exact) mass is 606 g/mol. The largest absolute Gasteiger partial charge is 0.478 e. The van der Waals surface area contributed by atoms with Gasteiger partial charge in [-0.3, -0.25) is 14.5 Å². The van der Waals surface area contributed by atoms with E-state index < -0.39 is 47.0 Å². The number of nitrogens with one attached hydrogen (secondary N) is 3. The third-order valence-electron chi connectivity index (χ3n) is 6.02. The molecule has 2 amide bonds. The lowest BCUT2D eigenvalue weighted by Gasteiger charge is -2.49. The fraction of sp³-hybridized carbons (Fsp3) is 0.391. The van der Waals surface area contributed by atoms with E-state index in [2.05, 4.69) is 30.5 Å². The van der Waals surface area contributed by atoms with Gasteiger partial charge in [0.15, 0.2) is 24.1 Å². The minimum Gasteiger partial charge on any atom is -0.478 e. The van der Waals surface area contributed by atoms with Gasteiger partial charge in [0.1, 0.15) is 17.1 Å². The molecule has 2 aromatic heterocycles. The Morgan fingerprint density at radius 2 is 2.02 bits per heavy atom. The van der Waals surface area contributed by atoms with Crippen LogP contribution in [0.15, 0.2) is 41.0 Å². The maximum atomic E-state index is 13.1. The summed E-state index contributed by atoms with van der Waals surface area (Å²) in [6.45, 7) is 3.02. The van der Waals surface area contributed by atoms with Crippen molar-refractivity contribution < 1.29 is 38.8 Å². The number of hydrogen-bond acceptors (Lipinski definition) is 13. The van der Waals surface area contributed by atoms with Gasteiger partial charge >= 0.3 is 11.9 Å². The van der Waals surface area contributed by atoms with Crippen molar-refractivity contribution in [3.63, 3.8) is 0 Å². The van der Waals surface area contributed by atoms with Crippen molar-refractivity contribution in [3.8, 4) is 0 Å². The van der Waals surface area contributed by atoms with Crippen LogP contribution in [-0.4, -0.2) is 97.3 Å². The van der Waals surface area contributed by atoms with Crippen LogP contribution in [0.4, 0.5) is 10.8 Å². The number of carbonyl (C=O) groups is 4. The summed E-state index contributed by atoms with van der Waals surface area (Å²) >= 11 is 2.09. The van der Waals surface area contributed by atoms with Gasteiger partial charge in [-0.2, -0.15) is 9.36 Å². The lowest BCUT2D eigenvalue weighted by Crippen LogP contribution is -2.71. The lowest BCUT2D eigenvalue weighted by molar-refractivity contribution is -0.688. The fourth-order valence-electron chi connectivity index (χ4n) is 3.94. The van der Waals surface area contributed by atoms with Gasteiger partial charge in [-0.1, -0.05) is 5.16 Å². The highest BCUT2D eigenvalue weighted by Crippen LogP contribution is 2.40. The molecule has 4 rings (SSSR count). The molecule has 0 saturated carbocycles. The molecule has 1 fully saturated rings. The first-order valence-corrected chi connectivity index (χ1v) is 14.1. The molecular formula is C23H28N9O7S2+. The number of oxime groups is 1. The third-order valence-corrected chi connectivity index (χ3v) is 7.91. The summed E-state index contributed by atoms with van der Waals surface area (Å²) in [5.41, 5.74) is 6.45. The van der Waals surface area contributed by atoms with E-state index >= 15 is 0 Å². The molecule has 3 atom stereocenters. The van der Waals surface area contributed by atoms with Gasteiger partial charge in [-0.25, -0.2) is 14.2 Å². The van der Waals surface area contributed by atoms with Crippen LogP contribution in [0, 0.1) is 0 Å². The highest BCUT2D eigenvalue weighted by atomic mass is 32.2. The Kier molecular flexibility index (Phi) is 9.35. The maximum Gasteiger partial charge on any atom is 0.352 e. The van der Waals surface area contributed by atoms with Crippen molar-refractivity contribution in [3.05, 3.63) is 41.6 Å². The van der Waals surface area contributed by atoms with Crippen LogP contribution < -0.4 is 26.3 Å². The molecule has 2 aromatic rings. The number of thioether (sulfide) groups is 1. The molecule has 0 spiro atoms. The average molecular weight is 607 g/mol. The number of nitrogen functional groups attached to an aromatic ring is 1. The first-order chi connectivity index (χ1) is 19.6. The van der Waals surface area contributed by atoms with E-state index in [0.29, 0.717) is 11.3 Å². The number of aromatic nitrogens is 3. The van der Waals surface area contributed by atoms with Crippen LogP contribution in [-0.2, 0) is 30.6 Å². The number of aliphatic carboxylic acids is 2. The minimum absolute atomic E-state index is 0.0295. The topological polar surface area (TPSA) is 225 Å². The van der Waals surface area contributed by atoms with E-state index in [0.717, 1.165) is 35.2 Å². The second kappa shape index (κ2) is 12.9. The molecule has 0 aromatic carbocycles. The SMILES string of the molecule is CNCCNc1cc[n+](CC2=C(C(=O)O)N3C(=O)C(NC(=O)C(=NO[C@@H](C)C(=O)O)c4nsc(N)n4)C3SC2)cc1. The normalized spacial score (nSPS) is 19.2. The predicted octanol–water partition coefficient (Wildman–Crippen LogP) is -1.33. The lowest BCUT2D eigenvalue weighted by atomic mass is 10.0. The third kappa shape index (κ3) is 6.72. The summed E-state index contributed by atoms with van der Waals surface area (Å²) in [5.74, 6) is -4.01. The summed E-state index contributed by atoms with van der Waals surface area (Å²) in [6.07, 6.45) is 2.26. The number of nitrogens with zero attached hydrogens (tertiary/aromatic N) is 5. The number of carbonyl (C=O) groups excluding carboxylic acids is 2. The van der Waals surface area contributed by atoms with Gasteiger partial charge in [0.05, 0.1) is 0 Å². The van der Waals surface area contributed by atoms with E-state index in [1.807, 2.05) is 36.1 Å². The molecule has 4 heterocycles. The summed E-state index contributed by atoms with van der Waals surface area (Å²) in [6, 6.07) is 2.68. The molecule has 0 bridgehead atoms. The zero-order valence-corrected chi connectivity index (χ0v) is 23.6. The number of carboxylic acid groups (broad SMARTS) is 2. The van der Waals surface area contributed by atoms with E-state index in [4.69, 9.17) is 15.7 Å². The van der Waals surface area contributed by atoms with E-state index in [1.54, 1.807) is 0 Å². The first-order valence-electron chi connectivity index (χ1n) is 12.2. The predicted molar refractivity (Wildman–Crippen MR) is 148 cm³/mol. The van der Waals surface area contributed by atoms with Crippen LogP contribution in [0.25, 0.3) is 0 Å². The van der Waals surface area contributed by atoms with Gasteiger partial charge < -0.3 is 36.7 Å². The number of carboxylic acids is 2. The van der Waals surface area contributed by atoms with Gasteiger partial charge in [0, 0.05) is 53.8 Å². The zero-order chi connectivity index (χ0) is 29.7. The van der Waals surface area contributed by atoms with Crippen molar-refractivity contribution >= 4 is 63.6 Å². The molecule has 0 aliphatic carbocycles. The van der Waals surface area contributed by atoms with Gasteiger partial charge in [-0.05, 0) is 14.0 Å². The molecule has 0 radical (unpaired) electrons. The molecule has 16 nitrogen and oxygen atoms in total. The van der Waals surface area contributed by atoms with Crippen LogP contribution >= 0.6 is 23.3 Å². The van der Waals surface area contributed by atoms with Crippen LogP contribution in [0.2, 0.25) is 0 Å². The Balaban J connectivity index is 1.48. The highest BCUT2D eigenvalue weighted by molar-refractivity contribution is 8.00. The van der Waals surface area contributed by atoms with E-state index in [1.165, 1.54) is 18.7 Å². The molecule has 2 aliphatic heterocycles. The van der Waals surface area contributed by atoms with Crippen molar-refractivity contribution in [1.29, 1.82) is 0 Å². The standard InChI is InChI=1S/C23H27N9O7S2/c1-11(21(35)36)39-29-14(17-28-23(24)41-30-17)18(33)27-15-19(34)32-16(22(37)38)12(10-40-20(15)32)9-31-7-3-13(4-8-31)26-6-5-25-2/h3-4,7-8,11,15,20,25H,5-6,9-10H2,1-2H3,(H5,24,27,28,30,33,35,36,37,38)/p+1/t11-,15?,20?/m0/s1. The smallest absolute Gasteiger partial charge is 0.352 e. The van der Waals surface area contributed by atoms with Crippen molar-refractivity contribution in [2.45, 2.75) is 31.0 Å². The number of anilines is 2. The molecular weight excluding hydrogens is 578 g/mol. The second-order valence-corrected chi connectivity index (χ2v) is 10.8. The van der Waals surface area contributed by atoms with E-state index in [-0.39, 0.29) is 23.2 Å². The number of fused-ring (bicyclic) bond motifs is 1. The quantitative estimate of drug-likeness (QED) is 0.0512. The molecule has 1 saturated heterocycles. The Labute approximate surface area is 241 Å². The van der Waals surface area contributed by atoms with Crippen molar-refractivity contribution in [1.82, 2.24) is 24.9 Å². The molecule has 218 valence electrons. The van der Waals surface area contributed by atoms with Crippen LogP contribution in [0.5, 0.6) is 0 Å². The summed E-state index contributed by atoms with van der Waals surface area (Å²) in [4.78, 5) is 59.5. The van der Waals surface area contributed by atoms with Crippen molar-refractivity contribution in [2.75, 3.05) is 36.9 Å². The van der Waals surface area contributed by atoms with Crippen LogP contribution in [0.1, 0.15) is 12.7 Å². The van der Waals surface area contributed by atoms with Crippen LogP contribution in [0.3, 0.4) is 0 Å². The number of hydrogen-bond donors (Lipinski definition) is 6. The van der Waals surface area contributed by atoms with Crippen molar-refractivity contribution in [2.24, 2.45) is 5.16 Å². The molecule has 2 unspecified atom stereocenters. The number of pyridine rings is 1. The Bertz CT molecular complexity index is 1400. The van der Waals surface area contributed by atoms with E-state index in [9.17, 15) is 24.3 Å². The average Bonchev–Trinajstić information content (AvgIpc) is 3.37. The number of β-lactam (4-membered cyclic amide) rings is 1. The fourth-order valence-corrected chi connectivity index (χ4v) is 5.71. The number of likely N-dealkylation sites (N-methyl/N-ethyl adjacent to an activating group) is 1. The van der Waals surface area contributed by atoms with Gasteiger partial charge in [-0.15, -0.1) is 11.8 Å². The first kappa shape index (κ1) is 29.7. The summed E-state index contributed by atoms with van der Waals surface area (Å²) in [7, 11) is 1.86. The Morgan fingerprint density at radius 1 is 1.29 bits per heavy atom. The zero-order valence-electron chi connectivity index (χ0n) is 21.9.